The molecule has 0 aliphatic carbocycles. The van der Waals surface area contributed by atoms with Crippen molar-refractivity contribution >= 4 is 39.7 Å². The lowest BCUT2D eigenvalue weighted by atomic mass is 10.3. The summed E-state index contributed by atoms with van der Waals surface area (Å²) >= 11 is 3.18. The minimum Gasteiger partial charge on any atom is -0.330 e. The van der Waals surface area contributed by atoms with Crippen LogP contribution in [0.4, 0.5) is 10.8 Å². The molecule has 1 aromatic carbocycles. The predicted molar refractivity (Wildman–Crippen MR) is 80.3 cm³/mol. The lowest BCUT2D eigenvalue weighted by molar-refractivity contribution is -0.117. The molecule has 0 radical (unpaired) electrons. The Morgan fingerprint density at radius 3 is 2.84 bits per heavy atom. The number of aromatic nitrogens is 2. The molecule has 0 saturated heterocycles. The van der Waals surface area contributed by atoms with Gasteiger partial charge in [0.25, 0.3) is 0 Å². The van der Waals surface area contributed by atoms with Gasteiger partial charge < -0.3 is 10.1 Å². The van der Waals surface area contributed by atoms with Crippen LogP contribution in [0, 0.1) is 0 Å². The Labute approximate surface area is 120 Å². The minimum atomic E-state index is 0.240. The van der Waals surface area contributed by atoms with Gasteiger partial charge >= 0.3 is 0 Å². The van der Waals surface area contributed by atoms with Crippen molar-refractivity contribution in [1.82, 2.24) is 10.2 Å². The molecule has 1 N–H and O–H groups in total. The van der Waals surface area contributed by atoms with Gasteiger partial charge in [0.05, 0.1) is 0 Å². The Kier molecular flexibility index (Phi) is 5.35. The van der Waals surface area contributed by atoms with E-state index >= 15 is 0 Å². The maximum atomic E-state index is 10.8. The second-order valence-corrected chi connectivity index (χ2v) is 6.34. The number of carbonyl (C=O) groups excluding carboxylic acids is 1. The summed E-state index contributed by atoms with van der Waals surface area (Å²) in [6, 6.07) is 9.89. The predicted octanol–water partition coefficient (Wildman–Crippen LogP) is 3.74. The smallest absolute Gasteiger partial charge is 0.210 e. The molecule has 0 aliphatic rings. The number of rotatable bonds is 7. The van der Waals surface area contributed by atoms with Crippen molar-refractivity contribution in [3.63, 3.8) is 0 Å². The highest BCUT2D eigenvalue weighted by atomic mass is 32.2. The number of hydrogen-bond acceptors (Lipinski definition) is 6. The van der Waals surface area contributed by atoms with Gasteiger partial charge in [-0.25, -0.2) is 0 Å². The molecule has 0 unspecified atom stereocenters. The van der Waals surface area contributed by atoms with Gasteiger partial charge in [0, 0.05) is 17.9 Å². The number of Topliss-reactive ketones (excluding diaryl/α,β-unsaturated/α-hetero) is 1. The molecule has 0 atom stereocenters. The molecule has 19 heavy (non-hydrogen) atoms. The zero-order valence-electron chi connectivity index (χ0n) is 10.6. The SMILES string of the molecule is CC(=O)CCCSc1nnc(Nc2ccccc2)s1. The van der Waals surface area contributed by atoms with Gasteiger partial charge in [0.1, 0.15) is 5.78 Å². The van der Waals surface area contributed by atoms with Crippen LogP contribution in [0.5, 0.6) is 0 Å². The Morgan fingerprint density at radius 1 is 1.32 bits per heavy atom. The average molecular weight is 293 g/mol. The largest absolute Gasteiger partial charge is 0.330 e. The first-order valence-corrected chi connectivity index (χ1v) is 7.82. The van der Waals surface area contributed by atoms with Crippen LogP contribution < -0.4 is 5.32 Å². The second-order valence-electron chi connectivity index (χ2n) is 4.02. The van der Waals surface area contributed by atoms with Crippen molar-refractivity contribution in [2.75, 3.05) is 11.1 Å². The number of nitrogens with zero attached hydrogens (tertiary/aromatic N) is 2. The normalized spacial score (nSPS) is 10.4. The summed E-state index contributed by atoms with van der Waals surface area (Å²) in [5, 5.41) is 12.2. The van der Waals surface area contributed by atoms with Crippen molar-refractivity contribution in [1.29, 1.82) is 0 Å². The van der Waals surface area contributed by atoms with E-state index in [1.807, 2.05) is 30.3 Å². The van der Waals surface area contributed by atoms with Crippen LogP contribution in [0.15, 0.2) is 34.7 Å². The first-order chi connectivity index (χ1) is 9.24. The summed E-state index contributed by atoms with van der Waals surface area (Å²) in [4.78, 5) is 10.8. The summed E-state index contributed by atoms with van der Waals surface area (Å²) in [5.74, 6) is 1.14. The Morgan fingerprint density at radius 2 is 2.11 bits per heavy atom. The number of ketones is 1. The number of benzene rings is 1. The molecule has 6 heteroatoms. The molecule has 0 saturated carbocycles. The highest BCUT2D eigenvalue weighted by Crippen LogP contribution is 2.28. The van der Waals surface area contributed by atoms with Crippen LogP contribution in [0.2, 0.25) is 0 Å². The summed E-state index contributed by atoms with van der Waals surface area (Å²) in [7, 11) is 0. The first kappa shape index (κ1) is 14.0. The van der Waals surface area contributed by atoms with Crippen LogP contribution in [-0.2, 0) is 4.79 Å². The van der Waals surface area contributed by atoms with E-state index in [4.69, 9.17) is 0 Å². The zero-order valence-corrected chi connectivity index (χ0v) is 12.3. The second kappa shape index (κ2) is 7.25. The quantitative estimate of drug-likeness (QED) is 0.622. The number of hydrogen-bond donors (Lipinski definition) is 1. The maximum absolute atomic E-state index is 10.8. The third-order valence-electron chi connectivity index (χ3n) is 2.33. The van der Waals surface area contributed by atoms with Crippen LogP contribution in [0.1, 0.15) is 19.8 Å². The molecule has 2 aromatic rings. The summed E-state index contributed by atoms with van der Waals surface area (Å²) < 4.78 is 0.932. The number of para-hydroxylation sites is 1. The number of thioether (sulfide) groups is 1. The van der Waals surface area contributed by atoms with E-state index in [0.29, 0.717) is 6.42 Å². The molecular formula is C13H15N3OS2. The van der Waals surface area contributed by atoms with E-state index in [1.54, 1.807) is 18.7 Å². The number of carbonyl (C=O) groups is 1. The fraction of sp³-hybridized carbons (Fsp3) is 0.308. The van der Waals surface area contributed by atoms with Gasteiger partial charge in [0.15, 0.2) is 4.34 Å². The van der Waals surface area contributed by atoms with Gasteiger partial charge in [-0.3, -0.25) is 0 Å². The fourth-order valence-corrected chi connectivity index (χ4v) is 3.23. The molecule has 4 nitrogen and oxygen atoms in total. The van der Waals surface area contributed by atoms with E-state index in [9.17, 15) is 4.79 Å². The summed E-state index contributed by atoms with van der Waals surface area (Å²) in [6.07, 6.45) is 1.53. The molecule has 1 aromatic heterocycles. The third-order valence-corrected chi connectivity index (χ3v) is 4.39. The van der Waals surface area contributed by atoms with Crippen molar-refractivity contribution in [3.8, 4) is 0 Å². The molecule has 1 heterocycles. The Bertz CT molecular complexity index is 528. The van der Waals surface area contributed by atoms with Gasteiger partial charge in [0.2, 0.25) is 5.13 Å². The molecule has 0 aliphatic heterocycles. The van der Waals surface area contributed by atoms with Gasteiger partial charge in [-0.1, -0.05) is 41.3 Å². The van der Waals surface area contributed by atoms with Gasteiger partial charge in [-0.15, -0.1) is 10.2 Å². The van der Waals surface area contributed by atoms with Crippen molar-refractivity contribution < 1.29 is 4.79 Å². The zero-order chi connectivity index (χ0) is 13.5. The molecule has 2 rings (SSSR count). The van der Waals surface area contributed by atoms with E-state index in [1.165, 1.54) is 11.3 Å². The number of nitrogens with one attached hydrogen (secondary N) is 1. The van der Waals surface area contributed by atoms with Crippen LogP contribution >= 0.6 is 23.1 Å². The third kappa shape index (κ3) is 5.00. The highest BCUT2D eigenvalue weighted by Gasteiger charge is 2.05. The molecule has 0 amide bonds. The highest BCUT2D eigenvalue weighted by molar-refractivity contribution is 8.01. The van der Waals surface area contributed by atoms with Gasteiger partial charge in [-0.05, 0) is 25.5 Å². The standard InChI is InChI=1S/C13H15N3OS2/c1-10(17)6-5-9-18-13-16-15-12(19-13)14-11-7-3-2-4-8-11/h2-4,7-8H,5-6,9H2,1H3,(H,14,15). The van der Waals surface area contributed by atoms with E-state index in [-0.39, 0.29) is 5.78 Å². The monoisotopic (exact) mass is 293 g/mol. The summed E-state index contributed by atoms with van der Waals surface area (Å²) in [6.45, 7) is 1.62. The number of anilines is 2. The summed E-state index contributed by atoms with van der Waals surface area (Å²) in [5.41, 5.74) is 1.01. The van der Waals surface area contributed by atoms with Crippen LogP contribution in [0.3, 0.4) is 0 Å². The minimum absolute atomic E-state index is 0.240. The molecule has 0 spiro atoms. The molecule has 0 fully saturated rings. The van der Waals surface area contributed by atoms with E-state index in [2.05, 4.69) is 15.5 Å². The van der Waals surface area contributed by atoms with Crippen molar-refractivity contribution in [2.45, 2.75) is 24.1 Å². The fourth-order valence-electron chi connectivity index (χ4n) is 1.44. The van der Waals surface area contributed by atoms with E-state index in [0.717, 1.165) is 27.3 Å². The van der Waals surface area contributed by atoms with Crippen molar-refractivity contribution in [2.24, 2.45) is 0 Å². The van der Waals surface area contributed by atoms with Crippen LogP contribution in [0.25, 0.3) is 0 Å². The lowest BCUT2D eigenvalue weighted by Crippen LogP contribution is -1.90. The average Bonchev–Trinajstić information content (AvgIpc) is 2.83. The van der Waals surface area contributed by atoms with Crippen LogP contribution in [-0.4, -0.2) is 21.7 Å². The Balaban J connectivity index is 1.80. The first-order valence-electron chi connectivity index (χ1n) is 6.02. The lowest BCUT2D eigenvalue weighted by Gasteiger charge is -1.99. The Hall–Kier alpha value is -1.40. The molecular weight excluding hydrogens is 278 g/mol. The maximum Gasteiger partial charge on any atom is 0.210 e. The molecule has 0 bridgehead atoms. The van der Waals surface area contributed by atoms with E-state index < -0.39 is 0 Å². The molecule has 100 valence electrons. The van der Waals surface area contributed by atoms with Crippen molar-refractivity contribution in [3.05, 3.63) is 30.3 Å². The topological polar surface area (TPSA) is 54.9 Å². The van der Waals surface area contributed by atoms with Gasteiger partial charge in [-0.2, -0.15) is 0 Å².